The summed E-state index contributed by atoms with van der Waals surface area (Å²) in [4.78, 5) is 1.62. The average Bonchev–Trinajstić information content (AvgIpc) is 2.47. The molecular formula is C17H20F2N2. The van der Waals surface area contributed by atoms with Crippen LogP contribution in [0.25, 0.3) is 0 Å². The third-order valence-electron chi connectivity index (χ3n) is 3.50. The van der Waals surface area contributed by atoms with Crippen molar-refractivity contribution in [1.82, 2.24) is 0 Å². The molecule has 0 aliphatic heterocycles. The van der Waals surface area contributed by atoms with Crippen LogP contribution in [0.5, 0.6) is 0 Å². The summed E-state index contributed by atoms with van der Waals surface area (Å²) in [5.74, 6) is -1.12. The lowest BCUT2D eigenvalue weighted by Crippen LogP contribution is -2.22. The van der Waals surface area contributed by atoms with Crippen LogP contribution in [0.3, 0.4) is 0 Å². The van der Waals surface area contributed by atoms with Crippen molar-refractivity contribution in [1.29, 1.82) is 0 Å². The summed E-state index contributed by atoms with van der Waals surface area (Å²) in [5.41, 5.74) is 7.12. The van der Waals surface area contributed by atoms with E-state index in [1.165, 1.54) is 17.7 Å². The van der Waals surface area contributed by atoms with Crippen LogP contribution in [-0.2, 0) is 13.0 Å². The van der Waals surface area contributed by atoms with Crippen molar-refractivity contribution in [2.75, 3.05) is 18.5 Å². The summed E-state index contributed by atoms with van der Waals surface area (Å²) in [6.07, 6.45) is 1.72. The molecule has 2 nitrogen and oxygen atoms in total. The van der Waals surface area contributed by atoms with Crippen molar-refractivity contribution in [2.24, 2.45) is 5.73 Å². The Balaban J connectivity index is 1.99. The van der Waals surface area contributed by atoms with E-state index in [-0.39, 0.29) is 12.2 Å². The van der Waals surface area contributed by atoms with Gasteiger partial charge in [-0.25, -0.2) is 8.78 Å². The zero-order chi connectivity index (χ0) is 15.2. The normalized spacial score (nSPS) is 10.7. The number of nitrogens with zero attached hydrogens (tertiary/aromatic N) is 1. The number of hydrogen-bond acceptors (Lipinski definition) is 2. The topological polar surface area (TPSA) is 29.3 Å². The smallest absolute Gasteiger partial charge is 0.149 e. The molecule has 112 valence electrons. The molecule has 0 aliphatic rings. The quantitative estimate of drug-likeness (QED) is 0.882. The van der Waals surface area contributed by atoms with Crippen LogP contribution in [0.2, 0.25) is 0 Å². The van der Waals surface area contributed by atoms with Gasteiger partial charge in [-0.1, -0.05) is 30.3 Å². The molecule has 4 heteroatoms. The fourth-order valence-electron chi connectivity index (χ4n) is 2.38. The number of hydrogen-bond donors (Lipinski definition) is 1. The van der Waals surface area contributed by atoms with Crippen LogP contribution in [0.4, 0.5) is 14.5 Å². The molecule has 2 N–H and O–H groups in total. The number of aryl methyl sites for hydroxylation is 1. The fraction of sp³-hybridized carbons (Fsp3) is 0.294. The molecule has 2 aromatic rings. The Hall–Kier alpha value is -1.94. The molecule has 0 aliphatic carbocycles. The second-order valence-corrected chi connectivity index (χ2v) is 5.12. The molecule has 0 amide bonds. The Kier molecular flexibility index (Phi) is 5.28. The van der Waals surface area contributed by atoms with E-state index in [1.807, 2.05) is 18.2 Å². The number of nitrogens with two attached hydrogens (primary N) is 1. The van der Waals surface area contributed by atoms with E-state index >= 15 is 0 Å². The maximum Gasteiger partial charge on any atom is 0.149 e. The third kappa shape index (κ3) is 4.02. The maximum absolute atomic E-state index is 14.0. The van der Waals surface area contributed by atoms with Gasteiger partial charge in [0.1, 0.15) is 17.3 Å². The highest BCUT2D eigenvalue weighted by Crippen LogP contribution is 2.24. The molecule has 2 aromatic carbocycles. The SMILES string of the molecule is CN(CCCc1ccccc1)c1c(F)cc(CN)cc1F. The lowest BCUT2D eigenvalue weighted by Gasteiger charge is -2.21. The zero-order valence-electron chi connectivity index (χ0n) is 12.2. The Morgan fingerprint density at radius 1 is 1.00 bits per heavy atom. The minimum Gasteiger partial charge on any atom is -0.370 e. The number of benzene rings is 2. The monoisotopic (exact) mass is 290 g/mol. The summed E-state index contributed by atoms with van der Waals surface area (Å²) < 4.78 is 27.9. The molecule has 0 atom stereocenters. The highest BCUT2D eigenvalue weighted by Gasteiger charge is 2.14. The highest BCUT2D eigenvalue weighted by molar-refractivity contribution is 5.50. The number of halogens is 2. The Bertz CT molecular complexity index is 562. The van der Waals surface area contributed by atoms with E-state index in [1.54, 1.807) is 11.9 Å². The molecule has 0 spiro atoms. The molecule has 0 aromatic heterocycles. The second kappa shape index (κ2) is 7.18. The van der Waals surface area contributed by atoms with Crippen molar-refractivity contribution < 1.29 is 8.78 Å². The first-order valence-corrected chi connectivity index (χ1v) is 7.05. The van der Waals surface area contributed by atoms with Crippen molar-refractivity contribution in [3.8, 4) is 0 Å². The predicted octanol–water partition coefficient (Wildman–Crippen LogP) is 3.49. The van der Waals surface area contributed by atoms with Gasteiger partial charge in [0.2, 0.25) is 0 Å². The van der Waals surface area contributed by atoms with Crippen molar-refractivity contribution in [3.05, 3.63) is 65.2 Å². The van der Waals surface area contributed by atoms with Crippen LogP contribution in [0.15, 0.2) is 42.5 Å². The summed E-state index contributed by atoms with van der Waals surface area (Å²) >= 11 is 0. The van der Waals surface area contributed by atoms with Crippen LogP contribution in [-0.4, -0.2) is 13.6 Å². The average molecular weight is 290 g/mol. The van der Waals surface area contributed by atoms with Gasteiger partial charge in [-0.05, 0) is 36.1 Å². The van der Waals surface area contributed by atoms with Gasteiger partial charge in [-0.2, -0.15) is 0 Å². The minimum atomic E-state index is -0.558. The Morgan fingerprint density at radius 3 is 2.19 bits per heavy atom. The van der Waals surface area contributed by atoms with Gasteiger partial charge in [-0.3, -0.25) is 0 Å². The van der Waals surface area contributed by atoms with Gasteiger partial charge in [0.25, 0.3) is 0 Å². The summed E-state index contributed by atoms with van der Waals surface area (Å²) in [6.45, 7) is 0.719. The molecule has 21 heavy (non-hydrogen) atoms. The summed E-state index contributed by atoms with van der Waals surface area (Å²) in [6, 6.07) is 12.7. The molecule has 0 saturated heterocycles. The molecule has 0 heterocycles. The number of anilines is 1. The van der Waals surface area contributed by atoms with E-state index < -0.39 is 11.6 Å². The highest BCUT2D eigenvalue weighted by atomic mass is 19.1. The first kappa shape index (κ1) is 15.4. The Morgan fingerprint density at radius 2 is 1.62 bits per heavy atom. The van der Waals surface area contributed by atoms with Gasteiger partial charge in [0.15, 0.2) is 0 Å². The van der Waals surface area contributed by atoms with E-state index in [4.69, 9.17) is 5.73 Å². The Labute approximate surface area is 124 Å². The lowest BCUT2D eigenvalue weighted by molar-refractivity contribution is 0.571. The van der Waals surface area contributed by atoms with Gasteiger partial charge in [0.05, 0.1) is 0 Å². The first-order chi connectivity index (χ1) is 10.1. The molecule has 0 bridgehead atoms. The standard InChI is InChI=1S/C17H20F2N2/c1-21(9-5-8-13-6-3-2-4-7-13)17-15(18)10-14(12-20)11-16(17)19/h2-4,6-7,10-11H,5,8-9,12,20H2,1H3. The largest absolute Gasteiger partial charge is 0.370 e. The molecule has 2 rings (SSSR count). The third-order valence-corrected chi connectivity index (χ3v) is 3.50. The van der Waals surface area contributed by atoms with Crippen LogP contribution < -0.4 is 10.6 Å². The summed E-state index contributed by atoms with van der Waals surface area (Å²) in [5, 5.41) is 0. The fourth-order valence-corrected chi connectivity index (χ4v) is 2.38. The molecule has 0 unspecified atom stereocenters. The van der Waals surface area contributed by atoms with E-state index in [9.17, 15) is 8.78 Å². The number of rotatable bonds is 6. The molecule has 0 fully saturated rings. The van der Waals surface area contributed by atoms with E-state index in [0.717, 1.165) is 12.8 Å². The van der Waals surface area contributed by atoms with Crippen molar-refractivity contribution in [2.45, 2.75) is 19.4 Å². The van der Waals surface area contributed by atoms with Crippen LogP contribution in [0.1, 0.15) is 17.5 Å². The zero-order valence-corrected chi connectivity index (χ0v) is 12.2. The second-order valence-electron chi connectivity index (χ2n) is 5.12. The van der Waals surface area contributed by atoms with Gasteiger partial charge in [0, 0.05) is 20.1 Å². The molecular weight excluding hydrogens is 270 g/mol. The van der Waals surface area contributed by atoms with E-state index in [0.29, 0.717) is 12.1 Å². The van der Waals surface area contributed by atoms with Crippen molar-refractivity contribution in [3.63, 3.8) is 0 Å². The first-order valence-electron chi connectivity index (χ1n) is 7.05. The lowest BCUT2D eigenvalue weighted by atomic mass is 10.1. The van der Waals surface area contributed by atoms with Crippen molar-refractivity contribution >= 4 is 5.69 Å². The molecule has 0 saturated carbocycles. The minimum absolute atomic E-state index is 0.0141. The van der Waals surface area contributed by atoms with Gasteiger partial charge >= 0.3 is 0 Å². The van der Waals surface area contributed by atoms with E-state index in [2.05, 4.69) is 12.1 Å². The van der Waals surface area contributed by atoms with Crippen LogP contribution >= 0.6 is 0 Å². The van der Waals surface area contributed by atoms with Gasteiger partial charge < -0.3 is 10.6 Å². The summed E-state index contributed by atoms with van der Waals surface area (Å²) in [7, 11) is 1.70. The van der Waals surface area contributed by atoms with Gasteiger partial charge in [-0.15, -0.1) is 0 Å². The van der Waals surface area contributed by atoms with Crippen LogP contribution in [0, 0.1) is 11.6 Å². The predicted molar refractivity (Wildman–Crippen MR) is 82.3 cm³/mol. The molecule has 0 radical (unpaired) electrons. The maximum atomic E-state index is 14.0.